The number of fused-ring (bicyclic) bond motifs is 4. The Morgan fingerprint density at radius 2 is 1.82 bits per heavy atom. The van der Waals surface area contributed by atoms with E-state index in [2.05, 4.69) is 33.2 Å². The molecule has 174 valence electrons. The first-order valence-corrected chi connectivity index (χ1v) is 11.7. The fraction of sp³-hybridized carbons (Fsp3) is 0.296. The zero-order valence-corrected chi connectivity index (χ0v) is 18.7. The van der Waals surface area contributed by atoms with Crippen molar-refractivity contribution in [2.75, 3.05) is 26.2 Å². The number of nitrogens with zero attached hydrogens (tertiary/aromatic N) is 2. The monoisotopic (exact) mass is 459 g/mol. The molecule has 7 heteroatoms. The summed E-state index contributed by atoms with van der Waals surface area (Å²) in [5.41, 5.74) is 3.53. The molecular weight excluding hydrogens is 433 g/mol. The molecule has 6 rings (SSSR count). The Morgan fingerprint density at radius 3 is 2.71 bits per heavy atom. The van der Waals surface area contributed by atoms with Gasteiger partial charge in [0.15, 0.2) is 5.58 Å². The van der Waals surface area contributed by atoms with Gasteiger partial charge in [-0.3, -0.25) is 0 Å². The third-order valence-electron chi connectivity index (χ3n) is 6.83. The van der Waals surface area contributed by atoms with Crippen molar-refractivity contribution in [3.05, 3.63) is 72.2 Å². The van der Waals surface area contributed by atoms with Gasteiger partial charge < -0.3 is 24.3 Å². The normalized spacial score (nSPS) is 16.5. The third kappa shape index (κ3) is 4.02. The summed E-state index contributed by atoms with van der Waals surface area (Å²) in [5, 5.41) is 18.0. The molecule has 2 aromatic heterocycles. The lowest BCUT2D eigenvalue weighted by molar-refractivity contribution is 0.0592. The summed E-state index contributed by atoms with van der Waals surface area (Å²) in [4.78, 5) is 5.68. The molecule has 1 aliphatic rings. The lowest BCUT2D eigenvalue weighted by atomic mass is 9.91. The van der Waals surface area contributed by atoms with Crippen LogP contribution in [0.25, 0.3) is 32.8 Å². The van der Waals surface area contributed by atoms with Crippen LogP contribution in [0.1, 0.15) is 24.5 Å². The van der Waals surface area contributed by atoms with Crippen LogP contribution in [0.4, 0.5) is 4.39 Å². The first kappa shape index (κ1) is 21.1. The molecule has 0 saturated carbocycles. The molecule has 1 fully saturated rings. The van der Waals surface area contributed by atoms with E-state index in [4.69, 9.17) is 9.26 Å². The number of para-hydroxylation sites is 1. The molecule has 6 nitrogen and oxygen atoms in total. The first-order valence-electron chi connectivity index (χ1n) is 11.7. The number of benzene rings is 3. The highest BCUT2D eigenvalue weighted by atomic mass is 19.1. The van der Waals surface area contributed by atoms with Crippen LogP contribution in [-0.2, 0) is 0 Å². The molecule has 1 unspecified atom stereocenters. The Balaban J connectivity index is 1.03. The van der Waals surface area contributed by atoms with E-state index in [1.807, 2.05) is 24.3 Å². The van der Waals surface area contributed by atoms with Crippen LogP contribution >= 0.6 is 0 Å². The fourth-order valence-electron chi connectivity index (χ4n) is 5.08. The van der Waals surface area contributed by atoms with Gasteiger partial charge in [-0.25, -0.2) is 4.39 Å². The van der Waals surface area contributed by atoms with Crippen LogP contribution < -0.4 is 4.74 Å². The predicted molar refractivity (Wildman–Crippen MR) is 130 cm³/mol. The largest absolute Gasteiger partial charge is 0.491 e. The van der Waals surface area contributed by atoms with Gasteiger partial charge in [0.05, 0.1) is 11.2 Å². The number of aliphatic hydroxyl groups excluding tert-OH is 1. The highest BCUT2D eigenvalue weighted by molar-refractivity contribution is 6.07. The van der Waals surface area contributed by atoms with Crippen molar-refractivity contribution in [2.45, 2.75) is 24.9 Å². The van der Waals surface area contributed by atoms with Crippen LogP contribution in [0.15, 0.2) is 65.2 Å². The predicted octanol–water partition coefficient (Wildman–Crippen LogP) is 5.22. The van der Waals surface area contributed by atoms with E-state index in [0.717, 1.165) is 59.2 Å². The molecule has 0 aliphatic carbocycles. The minimum absolute atomic E-state index is 0.241. The van der Waals surface area contributed by atoms with Crippen molar-refractivity contribution in [3.8, 4) is 5.75 Å². The molecule has 0 radical (unpaired) electrons. The number of nitrogens with one attached hydrogen (secondary N) is 1. The van der Waals surface area contributed by atoms with Gasteiger partial charge in [-0.05, 0) is 56.3 Å². The van der Waals surface area contributed by atoms with E-state index >= 15 is 0 Å². The molecule has 0 bridgehead atoms. The van der Waals surface area contributed by atoms with Crippen molar-refractivity contribution in [1.82, 2.24) is 15.0 Å². The van der Waals surface area contributed by atoms with Crippen LogP contribution in [0.3, 0.4) is 0 Å². The van der Waals surface area contributed by atoms with Crippen molar-refractivity contribution in [3.63, 3.8) is 0 Å². The quantitative estimate of drug-likeness (QED) is 0.364. The number of halogens is 1. The molecule has 1 aliphatic heterocycles. The smallest absolute Gasteiger partial charge is 0.170 e. The average Bonchev–Trinajstić information content (AvgIpc) is 3.44. The number of hydrogen-bond donors (Lipinski definition) is 2. The third-order valence-corrected chi connectivity index (χ3v) is 6.83. The van der Waals surface area contributed by atoms with E-state index in [9.17, 15) is 9.50 Å². The number of piperidine rings is 1. The highest BCUT2D eigenvalue weighted by Gasteiger charge is 2.26. The Kier molecular flexibility index (Phi) is 5.43. The van der Waals surface area contributed by atoms with Crippen molar-refractivity contribution >= 4 is 32.8 Å². The second-order valence-electron chi connectivity index (χ2n) is 9.13. The van der Waals surface area contributed by atoms with Crippen molar-refractivity contribution in [1.29, 1.82) is 0 Å². The average molecular weight is 460 g/mol. The van der Waals surface area contributed by atoms with Gasteiger partial charge in [0.2, 0.25) is 0 Å². The van der Waals surface area contributed by atoms with Gasteiger partial charge in [0.25, 0.3) is 0 Å². The molecule has 0 spiro atoms. The second-order valence-corrected chi connectivity index (χ2v) is 9.13. The van der Waals surface area contributed by atoms with E-state index in [0.29, 0.717) is 12.1 Å². The van der Waals surface area contributed by atoms with E-state index in [1.165, 1.54) is 17.5 Å². The molecule has 2 N–H and O–H groups in total. The number of β-amino-alcohol motifs (C(OH)–C–C–N with tert-alkyl or cyclic N) is 1. The standard InChI is InChI=1S/C27H26FN3O3/c28-18-5-7-23-26(13-18)34-30-27(23)17-9-11-31(12-10-17)15-19(32)16-33-20-6-8-22-21-3-1-2-4-24(21)29-25(22)14-20/h1-8,13-14,17,19,29,32H,9-12,15-16H2. The topological polar surface area (TPSA) is 74.5 Å². The molecular formula is C27H26FN3O3. The summed E-state index contributed by atoms with van der Waals surface area (Å²) < 4.78 is 24.6. The Bertz CT molecular complexity index is 1450. The molecule has 5 aromatic rings. The highest BCUT2D eigenvalue weighted by Crippen LogP contribution is 2.33. The number of H-pyrrole nitrogens is 1. The number of hydrogen-bond acceptors (Lipinski definition) is 5. The minimum atomic E-state index is -0.578. The molecule has 1 atom stereocenters. The van der Waals surface area contributed by atoms with Gasteiger partial charge in [-0.2, -0.15) is 0 Å². The number of aromatic nitrogens is 2. The Hall–Kier alpha value is -3.42. The number of ether oxygens (including phenoxy) is 1. The van der Waals surface area contributed by atoms with Crippen LogP contribution in [-0.4, -0.2) is 52.5 Å². The molecule has 3 heterocycles. The van der Waals surface area contributed by atoms with E-state index in [1.54, 1.807) is 6.07 Å². The van der Waals surface area contributed by atoms with Gasteiger partial charge >= 0.3 is 0 Å². The number of likely N-dealkylation sites (tertiary alicyclic amines) is 1. The van der Waals surface area contributed by atoms with Crippen LogP contribution in [0, 0.1) is 5.82 Å². The van der Waals surface area contributed by atoms with Crippen LogP contribution in [0.5, 0.6) is 5.75 Å². The van der Waals surface area contributed by atoms with Crippen molar-refractivity contribution in [2.24, 2.45) is 0 Å². The minimum Gasteiger partial charge on any atom is -0.491 e. The first-order chi connectivity index (χ1) is 16.6. The molecule has 3 aromatic carbocycles. The summed E-state index contributed by atoms with van der Waals surface area (Å²) in [6.07, 6.45) is 1.26. The maximum absolute atomic E-state index is 13.4. The Morgan fingerprint density at radius 1 is 1.03 bits per heavy atom. The van der Waals surface area contributed by atoms with Gasteiger partial charge in [-0.1, -0.05) is 23.4 Å². The second kappa shape index (κ2) is 8.74. The lowest BCUT2D eigenvalue weighted by Crippen LogP contribution is -2.40. The summed E-state index contributed by atoms with van der Waals surface area (Å²) in [5.74, 6) is 0.702. The van der Waals surface area contributed by atoms with Crippen molar-refractivity contribution < 1.29 is 18.8 Å². The maximum Gasteiger partial charge on any atom is 0.170 e. The van der Waals surface area contributed by atoms with E-state index in [-0.39, 0.29) is 18.3 Å². The Labute approximate surface area is 195 Å². The number of rotatable bonds is 6. The SMILES string of the molecule is OC(COc1ccc2c(c1)[nH]c1ccccc12)CN1CCC(c2noc3cc(F)ccc23)CC1. The zero-order chi connectivity index (χ0) is 23.1. The van der Waals surface area contributed by atoms with Gasteiger partial charge in [0.1, 0.15) is 24.3 Å². The van der Waals surface area contributed by atoms with Gasteiger partial charge in [0, 0.05) is 46.3 Å². The number of aromatic amines is 1. The lowest BCUT2D eigenvalue weighted by Gasteiger charge is -2.32. The summed E-state index contributed by atoms with van der Waals surface area (Å²) in [6, 6.07) is 18.8. The van der Waals surface area contributed by atoms with Crippen LogP contribution in [0.2, 0.25) is 0 Å². The molecule has 1 saturated heterocycles. The fourth-order valence-corrected chi connectivity index (χ4v) is 5.08. The summed E-state index contributed by atoms with van der Waals surface area (Å²) >= 11 is 0. The van der Waals surface area contributed by atoms with E-state index < -0.39 is 6.10 Å². The summed E-state index contributed by atoms with van der Waals surface area (Å²) in [6.45, 7) is 2.52. The summed E-state index contributed by atoms with van der Waals surface area (Å²) in [7, 11) is 0. The maximum atomic E-state index is 13.4. The van der Waals surface area contributed by atoms with Gasteiger partial charge in [-0.15, -0.1) is 0 Å². The molecule has 0 amide bonds. The molecule has 34 heavy (non-hydrogen) atoms. The number of aliphatic hydroxyl groups is 1. The zero-order valence-electron chi connectivity index (χ0n) is 18.7.